The van der Waals surface area contributed by atoms with Gasteiger partial charge in [0.25, 0.3) is 5.91 Å². The number of carbonyl (C=O) groups is 1. The molecule has 0 bridgehead atoms. The number of rotatable bonds is 7. The van der Waals surface area contributed by atoms with Crippen molar-refractivity contribution in [2.75, 3.05) is 27.8 Å². The highest BCUT2D eigenvalue weighted by Crippen LogP contribution is 2.29. The Kier molecular flexibility index (Phi) is 4.84. The van der Waals surface area contributed by atoms with Gasteiger partial charge in [-0.3, -0.25) is 4.79 Å². The van der Waals surface area contributed by atoms with Gasteiger partial charge in [-0.2, -0.15) is 0 Å². The van der Waals surface area contributed by atoms with Crippen molar-refractivity contribution in [1.82, 2.24) is 10.2 Å². The number of hydrogen-bond acceptors (Lipinski definition) is 4. The van der Waals surface area contributed by atoms with Crippen LogP contribution in [-0.2, 0) is 11.3 Å². The van der Waals surface area contributed by atoms with E-state index in [0.29, 0.717) is 17.5 Å². The highest BCUT2D eigenvalue weighted by atomic mass is 16.5. The van der Waals surface area contributed by atoms with Crippen LogP contribution in [0.5, 0.6) is 11.5 Å². The minimum atomic E-state index is 0.00794. The van der Waals surface area contributed by atoms with Crippen LogP contribution in [0, 0.1) is 0 Å². The molecule has 110 valence electrons. The molecule has 0 aromatic heterocycles. The normalized spacial score (nSPS) is 13.9. The number of carbonyl (C=O) groups excluding carboxylic acids is 1. The first-order chi connectivity index (χ1) is 9.65. The van der Waals surface area contributed by atoms with Crippen molar-refractivity contribution in [1.29, 1.82) is 0 Å². The van der Waals surface area contributed by atoms with E-state index < -0.39 is 0 Å². The van der Waals surface area contributed by atoms with Crippen molar-refractivity contribution >= 4 is 5.91 Å². The van der Waals surface area contributed by atoms with Gasteiger partial charge in [0.15, 0.2) is 18.1 Å². The summed E-state index contributed by atoms with van der Waals surface area (Å²) < 4.78 is 10.9. The molecule has 2 rings (SSSR count). The van der Waals surface area contributed by atoms with Gasteiger partial charge in [-0.25, -0.2) is 0 Å². The summed E-state index contributed by atoms with van der Waals surface area (Å²) in [5, 5.41) is 3.08. The van der Waals surface area contributed by atoms with Crippen LogP contribution >= 0.6 is 0 Å². The molecule has 0 unspecified atom stereocenters. The Morgan fingerprint density at radius 3 is 2.75 bits per heavy atom. The molecule has 0 heterocycles. The number of ether oxygens (including phenoxy) is 2. The maximum absolute atomic E-state index is 12.0. The molecule has 1 fully saturated rings. The van der Waals surface area contributed by atoms with Crippen molar-refractivity contribution in [2.45, 2.75) is 25.4 Å². The van der Waals surface area contributed by atoms with Crippen LogP contribution in [0.15, 0.2) is 18.2 Å². The summed E-state index contributed by atoms with van der Waals surface area (Å²) in [6.07, 6.45) is 2.20. The summed E-state index contributed by atoms with van der Waals surface area (Å²) in [4.78, 5) is 13.7. The lowest BCUT2D eigenvalue weighted by molar-refractivity contribution is -0.132. The van der Waals surface area contributed by atoms with Crippen LogP contribution in [0.2, 0.25) is 0 Å². The smallest absolute Gasteiger partial charge is 0.260 e. The van der Waals surface area contributed by atoms with E-state index in [1.165, 1.54) is 0 Å². The van der Waals surface area contributed by atoms with Gasteiger partial charge in [-0.05, 0) is 37.6 Å². The maximum atomic E-state index is 12.0. The molecule has 1 saturated carbocycles. The van der Waals surface area contributed by atoms with Gasteiger partial charge in [0.1, 0.15) is 0 Å². The molecule has 5 nitrogen and oxygen atoms in total. The van der Waals surface area contributed by atoms with Gasteiger partial charge in [-0.1, -0.05) is 6.07 Å². The van der Waals surface area contributed by atoms with Crippen molar-refractivity contribution in [2.24, 2.45) is 0 Å². The predicted octanol–water partition coefficient (Wildman–Crippen LogP) is 1.41. The first-order valence-electron chi connectivity index (χ1n) is 6.85. The lowest BCUT2D eigenvalue weighted by Crippen LogP contribution is -2.33. The van der Waals surface area contributed by atoms with E-state index in [4.69, 9.17) is 9.47 Å². The van der Waals surface area contributed by atoms with Crippen LogP contribution in [-0.4, -0.2) is 44.7 Å². The van der Waals surface area contributed by atoms with Crippen molar-refractivity contribution in [3.05, 3.63) is 23.8 Å². The molecule has 1 aromatic carbocycles. The average molecular weight is 278 g/mol. The van der Waals surface area contributed by atoms with E-state index in [1.54, 1.807) is 12.0 Å². The van der Waals surface area contributed by atoms with E-state index in [1.807, 2.05) is 32.3 Å². The highest BCUT2D eigenvalue weighted by molar-refractivity contribution is 5.78. The summed E-state index contributed by atoms with van der Waals surface area (Å²) in [5.74, 6) is 1.26. The van der Waals surface area contributed by atoms with Crippen LogP contribution in [0.25, 0.3) is 0 Å². The van der Waals surface area contributed by atoms with Gasteiger partial charge in [0, 0.05) is 19.6 Å². The highest BCUT2D eigenvalue weighted by Gasteiger charge is 2.29. The average Bonchev–Trinajstić information content (AvgIpc) is 3.29. The predicted molar refractivity (Wildman–Crippen MR) is 77.0 cm³/mol. The third-order valence-electron chi connectivity index (χ3n) is 3.45. The van der Waals surface area contributed by atoms with Crippen LogP contribution < -0.4 is 14.8 Å². The standard InChI is InChI=1S/C15H22N2O3/c1-16-9-11-4-7-13(19-3)14(8-11)20-10-15(18)17(2)12-5-6-12/h4,7-8,12,16H,5-6,9-10H2,1-3H3. The Bertz CT molecular complexity index is 472. The van der Waals surface area contributed by atoms with Gasteiger partial charge in [0.05, 0.1) is 7.11 Å². The van der Waals surface area contributed by atoms with Crippen molar-refractivity contribution < 1.29 is 14.3 Å². The van der Waals surface area contributed by atoms with Gasteiger partial charge in [-0.15, -0.1) is 0 Å². The van der Waals surface area contributed by atoms with Crippen molar-refractivity contribution in [3.8, 4) is 11.5 Å². The molecule has 1 amide bonds. The number of nitrogens with zero attached hydrogens (tertiary/aromatic N) is 1. The molecule has 0 saturated heterocycles. The Morgan fingerprint density at radius 1 is 1.40 bits per heavy atom. The van der Waals surface area contributed by atoms with E-state index in [9.17, 15) is 4.79 Å². The summed E-state index contributed by atoms with van der Waals surface area (Å²) in [5.41, 5.74) is 1.09. The zero-order chi connectivity index (χ0) is 14.5. The molecule has 1 aliphatic rings. The number of likely N-dealkylation sites (N-methyl/N-ethyl adjacent to an activating group) is 1. The maximum Gasteiger partial charge on any atom is 0.260 e. The molecule has 5 heteroatoms. The second kappa shape index (κ2) is 6.61. The fourth-order valence-corrected chi connectivity index (χ4v) is 2.05. The Labute approximate surface area is 119 Å². The minimum absolute atomic E-state index is 0.00794. The number of methoxy groups -OCH3 is 1. The molecule has 1 aliphatic carbocycles. The molecule has 0 atom stereocenters. The molecule has 0 aliphatic heterocycles. The third-order valence-corrected chi connectivity index (χ3v) is 3.45. The second-order valence-electron chi connectivity index (χ2n) is 5.04. The van der Waals surface area contributed by atoms with Crippen LogP contribution in [0.4, 0.5) is 0 Å². The fourth-order valence-electron chi connectivity index (χ4n) is 2.05. The summed E-state index contributed by atoms with van der Waals surface area (Å²) in [7, 11) is 5.31. The van der Waals surface area contributed by atoms with Gasteiger partial charge in [0.2, 0.25) is 0 Å². The molecule has 0 spiro atoms. The lowest BCUT2D eigenvalue weighted by Gasteiger charge is -2.17. The summed E-state index contributed by atoms with van der Waals surface area (Å²) >= 11 is 0. The molecular weight excluding hydrogens is 256 g/mol. The number of benzene rings is 1. The lowest BCUT2D eigenvalue weighted by atomic mass is 10.2. The zero-order valence-corrected chi connectivity index (χ0v) is 12.3. The molecule has 20 heavy (non-hydrogen) atoms. The van der Waals surface area contributed by atoms with Gasteiger partial charge >= 0.3 is 0 Å². The van der Waals surface area contributed by atoms with Crippen LogP contribution in [0.1, 0.15) is 18.4 Å². The quantitative estimate of drug-likeness (QED) is 0.819. The van der Waals surface area contributed by atoms with E-state index >= 15 is 0 Å². The van der Waals surface area contributed by atoms with E-state index in [0.717, 1.165) is 24.9 Å². The SMILES string of the molecule is CNCc1ccc(OC)c(OCC(=O)N(C)C2CC2)c1. The van der Waals surface area contributed by atoms with E-state index in [-0.39, 0.29) is 12.5 Å². The minimum Gasteiger partial charge on any atom is -0.493 e. The molecule has 1 aromatic rings. The Hall–Kier alpha value is -1.75. The fraction of sp³-hybridized carbons (Fsp3) is 0.533. The first-order valence-corrected chi connectivity index (χ1v) is 6.85. The number of hydrogen-bond donors (Lipinski definition) is 1. The summed E-state index contributed by atoms with van der Waals surface area (Å²) in [6, 6.07) is 6.14. The van der Waals surface area contributed by atoms with E-state index in [2.05, 4.69) is 5.32 Å². The third kappa shape index (κ3) is 3.63. The van der Waals surface area contributed by atoms with Gasteiger partial charge < -0.3 is 19.7 Å². The van der Waals surface area contributed by atoms with Crippen LogP contribution in [0.3, 0.4) is 0 Å². The summed E-state index contributed by atoms with van der Waals surface area (Å²) in [6.45, 7) is 0.794. The largest absolute Gasteiger partial charge is 0.493 e. The number of amides is 1. The topological polar surface area (TPSA) is 50.8 Å². The molecule has 1 N–H and O–H groups in total. The van der Waals surface area contributed by atoms with Crippen molar-refractivity contribution in [3.63, 3.8) is 0 Å². The zero-order valence-electron chi connectivity index (χ0n) is 12.3. The Balaban J connectivity index is 1.99. The Morgan fingerprint density at radius 2 is 2.15 bits per heavy atom. The monoisotopic (exact) mass is 278 g/mol. The second-order valence-corrected chi connectivity index (χ2v) is 5.04. The number of nitrogens with one attached hydrogen (secondary N) is 1. The molecular formula is C15H22N2O3. The first kappa shape index (κ1) is 14.7. The molecule has 0 radical (unpaired) electrons.